The zero-order valence-electron chi connectivity index (χ0n) is 15.3. The van der Waals surface area contributed by atoms with E-state index in [4.69, 9.17) is 9.72 Å². The Hall–Kier alpha value is -1.93. The third-order valence-electron chi connectivity index (χ3n) is 5.48. The molecule has 3 saturated heterocycles. The van der Waals surface area contributed by atoms with Gasteiger partial charge in [0.05, 0.1) is 13.2 Å². The molecular weight excluding hydrogens is 332 g/mol. The Kier molecular flexibility index (Phi) is 5.50. The second-order valence-electron chi connectivity index (χ2n) is 7.13. The van der Waals surface area contributed by atoms with Crippen LogP contribution in [-0.4, -0.2) is 97.8 Å². The van der Waals surface area contributed by atoms with Crippen molar-refractivity contribution in [1.29, 1.82) is 0 Å². The number of morpholine rings is 1. The van der Waals surface area contributed by atoms with Crippen molar-refractivity contribution in [2.75, 3.05) is 81.9 Å². The van der Waals surface area contributed by atoms with Crippen LogP contribution in [0, 0.1) is 0 Å². The molecule has 8 nitrogen and oxygen atoms in total. The van der Waals surface area contributed by atoms with Crippen LogP contribution in [-0.2, 0) is 9.53 Å². The summed E-state index contributed by atoms with van der Waals surface area (Å²) in [7, 11) is 0. The van der Waals surface area contributed by atoms with Crippen LogP contribution in [0.25, 0.3) is 0 Å². The normalized spacial score (nSPS) is 22.3. The minimum Gasteiger partial charge on any atom is -0.378 e. The molecule has 142 valence electrons. The number of likely N-dealkylation sites (tertiary alicyclic amines) is 1. The number of hydrogen-bond donors (Lipinski definition) is 0. The monoisotopic (exact) mass is 360 g/mol. The molecule has 4 rings (SSSR count). The summed E-state index contributed by atoms with van der Waals surface area (Å²) < 4.78 is 5.42. The van der Waals surface area contributed by atoms with E-state index in [1.807, 2.05) is 17.2 Å². The fourth-order valence-electron chi connectivity index (χ4n) is 3.83. The molecule has 0 spiro atoms. The SMILES string of the molecule is O=C1CCCN1CCN1CCN(c2nccc(N3CCOCC3)n2)CC1. The Morgan fingerprint density at radius 3 is 2.50 bits per heavy atom. The van der Waals surface area contributed by atoms with E-state index in [0.717, 1.165) is 96.7 Å². The Bertz CT molecular complexity index is 613. The Morgan fingerprint density at radius 2 is 1.77 bits per heavy atom. The highest BCUT2D eigenvalue weighted by molar-refractivity contribution is 5.78. The van der Waals surface area contributed by atoms with Crippen molar-refractivity contribution in [1.82, 2.24) is 19.8 Å². The number of nitrogens with zero attached hydrogens (tertiary/aromatic N) is 6. The molecule has 0 aliphatic carbocycles. The van der Waals surface area contributed by atoms with Crippen LogP contribution < -0.4 is 9.80 Å². The summed E-state index contributed by atoms with van der Waals surface area (Å²) >= 11 is 0. The van der Waals surface area contributed by atoms with Crippen LogP contribution in [0.3, 0.4) is 0 Å². The average molecular weight is 360 g/mol. The number of rotatable bonds is 5. The maximum Gasteiger partial charge on any atom is 0.227 e. The first kappa shape index (κ1) is 17.5. The van der Waals surface area contributed by atoms with Gasteiger partial charge in [-0.2, -0.15) is 4.98 Å². The first-order valence-electron chi connectivity index (χ1n) is 9.70. The van der Waals surface area contributed by atoms with E-state index in [-0.39, 0.29) is 0 Å². The number of hydrogen-bond acceptors (Lipinski definition) is 7. The van der Waals surface area contributed by atoms with Gasteiger partial charge in [-0.05, 0) is 12.5 Å². The number of aromatic nitrogens is 2. The smallest absolute Gasteiger partial charge is 0.227 e. The van der Waals surface area contributed by atoms with Crippen molar-refractivity contribution in [3.63, 3.8) is 0 Å². The number of amides is 1. The first-order chi connectivity index (χ1) is 12.8. The lowest BCUT2D eigenvalue weighted by Gasteiger charge is -2.36. The molecule has 0 N–H and O–H groups in total. The van der Waals surface area contributed by atoms with Gasteiger partial charge in [-0.25, -0.2) is 4.98 Å². The van der Waals surface area contributed by atoms with E-state index in [2.05, 4.69) is 19.7 Å². The number of carbonyl (C=O) groups excluding carboxylic acids is 1. The van der Waals surface area contributed by atoms with Gasteiger partial charge in [0.2, 0.25) is 11.9 Å². The average Bonchev–Trinajstić information content (AvgIpc) is 3.12. The molecule has 3 aliphatic heterocycles. The summed E-state index contributed by atoms with van der Waals surface area (Å²) in [4.78, 5) is 29.9. The van der Waals surface area contributed by atoms with Crippen LogP contribution >= 0.6 is 0 Å². The molecule has 1 amide bonds. The Labute approximate surface area is 154 Å². The van der Waals surface area contributed by atoms with Crippen LogP contribution in [0.15, 0.2) is 12.3 Å². The van der Waals surface area contributed by atoms with Gasteiger partial charge < -0.3 is 19.4 Å². The van der Waals surface area contributed by atoms with Crippen molar-refractivity contribution in [2.24, 2.45) is 0 Å². The standard InChI is InChI=1S/C18H28N6O2/c25-17-2-1-5-23(17)9-6-21-7-10-24(11-8-21)18-19-4-3-16(20-18)22-12-14-26-15-13-22/h3-4H,1-2,5-15H2. The number of ether oxygens (including phenoxy) is 1. The maximum atomic E-state index is 11.7. The van der Waals surface area contributed by atoms with Gasteiger partial charge in [0.1, 0.15) is 5.82 Å². The quantitative estimate of drug-likeness (QED) is 0.735. The molecule has 3 aliphatic rings. The van der Waals surface area contributed by atoms with E-state index in [1.54, 1.807) is 0 Å². The van der Waals surface area contributed by atoms with E-state index in [1.165, 1.54) is 0 Å². The van der Waals surface area contributed by atoms with Gasteiger partial charge in [-0.1, -0.05) is 0 Å². The van der Waals surface area contributed by atoms with Crippen LogP contribution in [0.4, 0.5) is 11.8 Å². The van der Waals surface area contributed by atoms with E-state index < -0.39 is 0 Å². The molecule has 0 saturated carbocycles. The highest BCUT2D eigenvalue weighted by Crippen LogP contribution is 2.17. The van der Waals surface area contributed by atoms with Crippen LogP contribution in [0.2, 0.25) is 0 Å². The number of carbonyl (C=O) groups is 1. The molecule has 0 bridgehead atoms. The summed E-state index contributed by atoms with van der Waals surface area (Å²) in [5.74, 6) is 2.13. The van der Waals surface area contributed by atoms with Gasteiger partial charge in [0.15, 0.2) is 0 Å². The van der Waals surface area contributed by atoms with E-state index in [0.29, 0.717) is 5.91 Å². The molecule has 0 atom stereocenters. The van der Waals surface area contributed by atoms with Crippen molar-refractivity contribution < 1.29 is 9.53 Å². The van der Waals surface area contributed by atoms with E-state index >= 15 is 0 Å². The lowest BCUT2D eigenvalue weighted by molar-refractivity contribution is -0.127. The van der Waals surface area contributed by atoms with Crippen molar-refractivity contribution in [2.45, 2.75) is 12.8 Å². The largest absolute Gasteiger partial charge is 0.378 e. The Balaban J connectivity index is 1.28. The topological polar surface area (TPSA) is 65.0 Å². The molecule has 3 fully saturated rings. The third-order valence-corrected chi connectivity index (χ3v) is 5.48. The lowest BCUT2D eigenvalue weighted by Crippen LogP contribution is -2.49. The molecule has 0 unspecified atom stereocenters. The van der Waals surface area contributed by atoms with Crippen LogP contribution in [0.1, 0.15) is 12.8 Å². The zero-order chi connectivity index (χ0) is 17.8. The molecular formula is C18H28N6O2. The minimum atomic E-state index is 0.317. The molecule has 8 heteroatoms. The second kappa shape index (κ2) is 8.18. The summed E-state index contributed by atoms with van der Waals surface area (Å²) in [5, 5.41) is 0. The predicted octanol–water partition coefficient (Wildman–Crippen LogP) is 0.0576. The van der Waals surface area contributed by atoms with E-state index in [9.17, 15) is 4.79 Å². The summed E-state index contributed by atoms with van der Waals surface area (Å²) in [6.45, 7) is 9.91. The fourth-order valence-corrected chi connectivity index (χ4v) is 3.83. The summed E-state index contributed by atoms with van der Waals surface area (Å²) in [6, 6.07) is 1.98. The molecule has 1 aromatic heterocycles. The molecule has 0 radical (unpaired) electrons. The lowest BCUT2D eigenvalue weighted by atomic mass is 10.3. The summed E-state index contributed by atoms with van der Waals surface area (Å²) in [6.07, 6.45) is 3.60. The molecule has 1 aromatic rings. The predicted molar refractivity (Wildman–Crippen MR) is 99.5 cm³/mol. The first-order valence-corrected chi connectivity index (χ1v) is 9.70. The fraction of sp³-hybridized carbons (Fsp3) is 0.722. The highest BCUT2D eigenvalue weighted by atomic mass is 16.5. The van der Waals surface area contributed by atoms with Gasteiger partial charge >= 0.3 is 0 Å². The zero-order valence-corrected chi connectivity index (χ0v) is 15.3. The second-order valence-corrected chi connectivity index (χ2v) is 7.13. The van der Waals surface area contributed by atoms with Crippen molar-refractivity contribution in [3.05, 3.63) is 12.3 Å². The van der Waals surface area contributed by atoms with Crippen molar-refractivity contribution in [3.8, 4) is 0 Å². The number of piperazine rings is 1. The maximum absolute atomic E-state index is 11.7. The van der Waals surface area contributed by atoms with Crippen LogP contribution in [0.5, 0.6) is 0 Å². The van der Waals surface area contributed by atoms with Gasteiger partial charge in [-0.3, -0.25) is 9.69 Å². The minimum absolute atomic E-state index is 0.317. The molecule has 4 heterocycles. The third kappa shape index (κ3) is 4.07. The highest BCUT2D eigenvalue weighted by Gasteiger charge is 2.23. The molecule has 0 aromatic carbocycles. The summed E-state index contributed by atoms with van der Waals surface area (Å²) in [5.41, 5.74) is 0. The van der Waals surface area contributed by atoms with Gasteiger partial charge in [0, 0.05) is 71.5 Å². The molecule has 26 heavy (non-hydrogen) atoms. The Morgan fingerprint density at radius 1 is 0.962 bits per heavy atom. The van der Waals surface area contributed by atoms with Crippen molar-refractivity contribution >= 4 is 17.7 Å². The number of anilines is 2. The van der Waals surface area contributed by atoms with Gasteiger partial charge in [0.25, 0.3) is 0 Å². The van der Waals surface area contributed by atoms with Gasteiger partial charge in [-0.15, -0.1) is 0 Å².